The molecule has 0 bridgehead atoms. The Hall–Kier alpha value is -3.28. The Morgan fingerprint density at radius 3 is 2.62 bits per heavy atom. The molecule has 4 heterocycles. The molecular weight excluding hydrogens is 571 g/mol. The molecule has 5 rings (SSSR count). The molecule has 1 aliphatic heterocycles. The first kappa shape index (κ1) is 28.3. The molecule has 40 heavy (non-hydrogen) atoms. The van der Waals surface area contributed by atoms with E-state index >= 15 is 0 Å². The molecule has 1 fully saturated rings. The van der Waals surface area contributed by atoms with Crippen molar-refractivity contribution in [3.63, 3.8) is 0 Å². The minimum atomic E-state index is -0.354. The highest BCUT2D eigenvalue weighted by atomic mass is 35.5. The van der Waals surface area contributed by atoms with Crippen LogP contribution in [0.3, 0.4) is 0 Å². The van der Waals surface area contributed by atoms with Gasteiger partial charge in [0, 0.05) is 37.9 Å². The molecule has 0 radical (unpaired) electrons. The first-order valence-corrected chi connectivity index (χ1v) is 14.9. The Morgan fingerprint density at radius 2 is 1.95 bits per heavy atom. The molecule has 1 unspecified atom stereocenters. The molecular formula is C27H30Cl2N8O2S. The van der Waals surface area contributed by atoms with Crippen LogP contribution in [0, 0.1) is 6.92 Å². The Bertz CT molecular complexity index is 1630. The van der Waals surface area contributed by atoms with Gasteiger partial charge in [0.05, 0.1) is 39.5 Å². The molecule has 13 heteroatoms. The number of carbonyl (C=O) groups is 1. The first-order valence-electron chi connectivity index (χ1n) is 12.9. The number of aromatic nitrogens is 5. The summed E-state index contributed by atoms with van der Waals surface area (Å²) in [6.07, 6.45) is 5.11. The summed E-state index contributed by atoms with van der Waals surface area (Å²) in [6, 6.07) is 6.96. The number of H-pyrrole nitrogens is 1. The van der Waals surface area contributed by atoms with Gasteiger partial charge in [-0.15, -0.1) is 0 Å². The lowest BCUT2D eigenvalue weighted by molar-refractivity contribution is 0.0980. The molecule has 10 nitrogen and oxygen atoms in total. The van der Waals surface area contributed by atoms with Gasteiger partial charge in [0.25, 0.3) is 11.5 Å². The molecule has 0 saturated carbocycles. The number of hydrogen-bond donors (Lipinski definition) is 3. The highest BCUT2D eigenvalue weighted by molar-refractivity contribution is 7.97. The predicted octanol–water partition coefficient (Wildman–Crippen LogP) is 5.23. The van der Waals surface area contributed by atoms with Crippen LogP contribution in [0.4, 0.5) is 11.6 Å². The molecule has 1 amide bonds. The second-order valence-corrected chi connectivity index (χ2v) is 11.4. The monoisotopic (exact) mass is 600 g/mol. The van der Waals surface area contributed by atoms with E-state index in [1.54, 1.807) is 36.2 Å². The number of nitrogens with one attached hydrogen (secondary N) is 3. The molecule has 1 atom stereocenters. The normalized spacial score (nSPS) is 14.9. The third kappa shape index (κ3) is 5.50. The SMILES string of the molecule is CSNC(=O)c1nc(Cl)ccc1NC(C)c1cc(C)cc2c(=O)n(C)c(N3CCC(c4[nH]ncc4Cl)CC3)nc12. The summed E-state index contributed by atoms with van der Waals surface area (Å²) in [5.41, 5.74) is 3.98. The highest BCUT2D eigenvalue weighted by Crippen LogP contribution is 2.33. The third-order valence-electron chi connectivity index (χ3n) is 7.25. The summed E-state index contributed by atoms with van der Waals surface area (Å²) in [7, 11) is 1.77. The summed E-state index contributed by atoms with van der Waals surface area (Å²) in [6.45, 7) is 5.38. The Morgan fingerprint density at radius 1 is 1.20 bits per heavy atom. The second-order valence-electron chi connectivity index (χ2n) is 9.95. The van der Waals surface area contributed by atoms with Crippen molar-refractivity contribution in [2.24, 2.45) is 7.05 Å². The zero-order valence-corrected chi connectivity index (χ0v) is 24.9. The van der Waals surface area contributed by atoms with E-state index < -0.39 is 0 Å². The number of aryl methyl sites for hydroxylation is 1. The summed E-state index contributed by atoms with van der Waals surface area (Å²) >= 11 is 13.6. The summed E-state index contributed by atoms with van der Waals surface area (Å²) in [5, 5.41) is 11.9. The van der Waals surface area contributed by atoms with Crippen LogP contribution in [0.15, 0.2) is 35.3 Å². The second kappa shape index (κ2) is 11.7. The molecule has 1 aliphatic rings. The zero-order chi connectivity index (χ0) is 28.6. The molecule has 3 N–H and O–H groups in total. The standard InChI is InChI=1S/C27H30Cl2N8O2S/c1-14-11-17(15(2)31-20-5-6-21(29)32-24(20)25(38)35-40-4)23-18(12-14)26(39)36(3)27(33-23)37-9-7-16(8-10-37)22-19(28)13-30-34-22/h5-6,11-13,15-16,31H,7-10H2,1-4H3,(H,30,34)(H,35,38). The van der Waals surface area contributed by atoms with Gasteiger partial charge in [-0.1, -0.05) is 41.2 Å². The average Bonchev–Trinajstić information content (AvgIpc) is 3.37. The maximum Gasteiger partial charge on any atom is 0.281 e. The van der Waals surface area contributed by atoms with Crippen molar-refractivity contribution in [2.45, 2.75) is 38.6 Å². The quantitative estimate of drug-likeness (QED) is 0.195. The van der Waals surface area contributed by atoms with E-state index in [1.165, 1.54) is 11.9 Å². The molecule has 4 aromatic rings. The van der Waals surface area contributed by atoms with Gasteiger partial charge in [-0.3, -0.25) is 24.0 Å². The number of aromatic amines is 1. The van der Waals surface area contributed by atoms with Gasteiger partial charge in [0.2, 0.25) is 5.95 Å². The Kier molecular flexibility index (Phi) is 8.25. The van der Waals surface area contributed by atoms with Crippen LogP contribution in [-0.2, 0) is 7.05 Å². The number of halogens is 2. The maximum atomic E-state index is 13.6. The molecule has 210 valence electrons. The van der Waals surface area contributed by atoms with Crippen molar-refractivity contribution < 1.29 is 4.79 Å². The number of pyridine rings is 1. The average molecular weight is 602 g/mol. The topological polar surface area (TPSA) is 121 Å². The third-order valence-corrected chi connectivity index (χ3v) is 8.15. The van der Waals surface area contributed by atoms with E-state index in [1.807, 2.05) is 26.0 Å². The number of amides is 1. The van der Waals surface area contributed by atoms with Crippen LogP contribution in [0.1, 0.15) is 59.0 Å². The maximum absolute atomic E-state index is 13.6. The van der Waals surface area contributed by atoms with Crippen molar-refractivity contribution >= 4 is 63.6 Å². The van der Waals surface area contributed by atoms with Gasteiger partial charge in [0.1, 0.15) is 5.15 Å². The number of anilines is 2. The lowest BCUT2D eigenvalue weighted by atomic mass is 9.94. The molecule has 3 aromatic heterocycles. The number of carbonyl (C=O) groups excluding carboxylic acids is 1. The Labute approximate surface area is 246 Å². The van der Waals surface area contributed by atoms with Gasteiger partial charge < -0.3 is 10.2 Å². The zero-order valence-electron chi connectivity index (χ0n) is 22.6. The molecule has 1 aromatic carbocycles. The first-order chi connectivity index (χ1) is 19.2. The van der Waals surface area contributed by atoms with Gasteiger partial charge >= 0.3 is 0 Å². The van der Waals surface area contributed by atoms with Gasteiger partial charge in [-0.2, -0.15) is 5.10 Å². The van der Waals surface area contributed by atoms with Gasteiger partial charge in [0.15, 0.2) is 5.69 Å². The minimum absolute atomic E-state index is 0.107. The van der Waals surface area contributed by atoms with Crippen LogP contribution < -0.4 is 20.5 Å². The number of benzene rings is 1. The van der Waals surface area contributed by atoms with E-state index in [2.05, 4.69) is 30.1 Å². The van der Waals surface area contributed by atoms with E-state index in [0.29, 0.717) is 27.6 Å². The van der Waals surface area contributed by atoms with E-state index in [9.17, 15) is 9.59 Å². The van der Waals surface area contributed by atoms with Crippen molar-refractivity contribution in [1.82, 2.24) is 29.5 Å². The van der Waals surface area contributed by atoms with Crippen LogP contribution in [0.2, 0.25) is 10.2 Å². The molecule has 0 spiro atoms. The number of fused-ring (bicyclic) bond motifs is 1. The number of piperidine rings is 1. The predicted molar refractivity (Wildman–Crippen MR) is 162 cm³/mol. The lowest BCUT2D eigenvalue weighted by Crippen LogP contribution is -2.38. The molecule has 0 aliphatic carbocycles. The van der Waals surface area contributed by atoms with Crippen LogP contribution in [0.25, 0.3) is 10.9 Å². The van der Waals surface area contributed by atoms with Crippen LogP contribution >= 0.6 is 35.1 Å². The van der Waals surface area contributed by atoms with Crippen molar-refractivity contribution in [3.8, 4) is 0 Å². The minimum Gasteiger partial charge on any atom is -0.377 e. The largest absolute Gasteiger partial charge is 0.377 e. The number of nitrogens with zero attached hydrogens (tertiary/aromatic N) is 5. The summed E-state index contributed by atoms with van der Waals surface area (Å²) in [5.74, 6) is 0.543. The van der Waals surface area contributed by atoms with E-state index in [4.69, 9.17) is 28.2 Å². The molecule has 1 saturated heterocycles. The fraction of sp³-hybridized carbons (Fsp3) is 0.370. The van der Waals surface area contributed by atoms with Crippen LogP contribution in [0.5, 0.6) is 0 Å². The lowest BCUT2D eigenvalue weighted by Gasteiger charge is -2.33. The van der Waals surface area contributed by atoms with Crippen molar-refractivity contribution in [2.75, 3.05) is 29.6 Å². The van der Waals surface area contributed by atoms with E-state index in [-0.39, 0.29) is 34.3 Å². The number of rotatable bonds is 7. The fourth-order valence-corrected chi connectivity index (χ4v) is 5.94. The van der Waals surface area contributed by atoms with Crippen LogP contribution in [-0.4, -0.2) is 50.0 Å². The van der Waals surface area contributed by atoms with Crippen molar-refractivity contribution in [3.05, 3.63) is 73.5 Å². The fourth-order valence-electron chi connectivity index (χ4n) is 5.27. The summed E-state index contributed by atoms with van der Waals surface area (Å²) < 4.78 is 4.32. The summed E-state index contributed by atoms with van der Waals surface area (Å²) in [4.78, 5) is 37.7. The van der Waals surface area contributed by atoms with Gasteiger partial charge in [-0.05, 0) is 50.5 Å². The Balaban J connectivity index is 1.49. The van der Waals surface area contributed by atoms with Crippen molar-refractivity contribution in [1.29, 1.82) is 0 Å². The van der Waals surface area contributed by atoms with Gasteiger partial charge in [-0.25, -0.2) is 9.97 Å². The van der Waals surface area contributed by atoms with E-state index in [0.717, 1.165) is 42.8 Å². The highest BCUT2D eigenvalue weighted by Gasteiger charge is 2.27. The smallest absolute Gasteiger partial charge is 0.281 e. The number of hydrogen-bond acceptors (Lipinski definition) is 8.